The molecule has 0 amide bonds. The van der Waals surface area contributed by atoms with Crippen molar-refractivity contribution in [2.45, 2.75) is 31.8 Å². The van der Waals surface area contributed by atoms with Gasteiger partial charge < -0.3 is 9.88 Å². The van der Waals surface area contributed by atoms with E-state index in [1.807, 2.05) is 30.9 Å². The first-order valence-corrected chi connectivity index (χ1v) is 6.97. The lowest BCUT2D eigenvalue weighted by Crippen LogP contribution is -2.24. The largest absolute Gasteiger partial charge is 0.337 e. The van der Waals surface area contributed by atoms with Gasteiger partial charge in [-0.15, -0.1) is 11.3 Å². The second-order valence-electron chi connectivity index (χ2n) is 4.62. The quantitative estimate of drug-likeness (QED) is 0.903. The molecule has 1 N–H and O–H groups in total. The molecule has 0 radical (unpaired) electrons. The number of thiophene rings is 1. The molecule has 1 aliphatic rings. The molecule has 2 aromatic rings. The van der Waals surface area contributed by atoms with Gasteiger partial charge in [-0.2, -0.15) is 0 Å². The van der Waals surface area contributed by atoms with Crippen LogP contribution in [0.5, 0.6) is 0 Å². The molecule has 0 saturated heterocycles. The van der Waals surface area contributed by atoms with Gasteiger partial charge in [-0.3, -0.25) is 0 Å². The second kappa shape index (κ2) is 4.63. The second-order valence-corrected chi connectivity index (χ2v) is 5.62. The first kappa shape index (κ1) is 11.0. The van der Waals surface area contributed by atoms with Crippen LogP contribution in [0, 0.1) is 0 Å². The molecule has 2 aromatic heterocycles. The third-order valence-corrected chi connectivity index (χ3v) is 4.49. The van der Waals surface area contributed by atoms with Gasteiger partial charge in [0.25, 0.3) is 0 Å². The lowest BCUT2D eigenvalue weighted by Gasteiger charge is -2.23. The summed E-state index contributed by atoms with van der Waals surface area (Å²) in [5.74, 6) is 0. The highest BCUT2D eigenvalue weighted by Crippen LogP contribution is 2.33. The van der Waals surface area contributed by atoms with Crippen molar-refractivity contribution < 1.29 is 0 Å². The third kappa shape index (κ3) is 2.15. The zero-order chi connectivity index (χ0) is 11.7. The molecule has 3 rings (SSSR count). The minimum absolute atomic E-state index is 0.528. The molecule has 90 valence electrons. The average Bonchev–Trinajstić information content (AvgIpc) is 2.95. The van der Waals surface area contributed by atoms with Crippen LogP contribution < -0.4 is 5.32 Å². The van der Waals surface area contributed by atoms with E-state index in [0.717, 1.165) is 6.54 Å². The maximum absolute atomic E-state index is 4.14. The fraction of sp³-hybridized carbons (Fsp3) is 0.462. The Morgan fingerprint density at radius 3 is 3.35 bits per heavy atom. The van der Waals surface area contributed by atoms with Crippen molar-refractivity contribution in [1.29, 1.82) is 0 Å². The summed E-state index contributed by atoms with van der Waals surface area (Å²) in [4.78, 5) is 5.71. The van der Waals surface area contributed by atoms with Crippen LogP contribution >= 0.6 is 11.3 Å². The van der Waals surface area contributed by atoms with E-state index < -0.39 is 0 Å². The number of rotatable bonds is 3. The molecule has 1 atom stereocenters. The van der Waals surface area contributed by atoms with Crippen LogP contribution in [0.4, 0.5) is 0 Å². The zero-order valence-electron chi connectivity index (χ0n) is 10.0. The number of nitrogens with zero attached hydrogens (tertiary/aromatic N) is 2. The fourth-order valence-corrected chi connectivity index (χ4v) is 3.47. The first-order chi connectivity index (χ1) is 8.34. The normalized spacial score (nSPS) is 19.2. The Labute approximate surface area is 106 Å². The Balaban J connectivity index is 1.70. The van der Waals surface area contributed by atoms with Crippen LogP contribution in [0.25, 0.3) is 0 Å². The van der Waals surface area contributed by atoms with E-state index in [4.69, 9.17) is 0 Å². The summed E-state index contributed by atoms with van der Waals surface area (Å²) in [6.45, 7) is 0.899. The Morgan fingerprint density at radius 2 is 2.53 bits per heavy atom. The predicted molar refractivity (Wildman–Crippen MR) is 70.0 cm³/mol. The van der Waals surface area contributed by atoms with Crippen LogP contribution in [0.1, 0.15) is 35.0 Å². The summed E-state index contributed by atoms with van der Waals surface area (Å²) in [6.07, 6.45) is 7.60. The van der Waals surface area contributed by atoms with Gasteiger partial charge in [0, 0.05) is 30.7 Å². The van der Waals surface area contributed by atoms with Gasteiger partial charge >= 0.3 is 0 Å². The van der Waals surface area contributed by atoms with Crippen LogP contribution in [0.15, 0.2) is 24.0 Å². The van der Waals surface area contributed by atoms with E-state index >= 15 is 0 Å². The summed E-state index contributed by atoms with van der Waals surface area (Å²) in [5.41, 5.74) is 2.76. The Bertz CT molecular complexity index is 500. The molecule has 17 heavy (non-hydrogen) atoms. The molecule has 0 bridgehead atoms. The molecule has 0 spiro atoms. The van der Waals surface area contributed by atoms with Crippen molar-refractivity contribution in [2.24, 2.45) is 7.05 Å². The van der Waals surface area contributed by atoms with E-state index in [9.17, 15) is 0 Å². The maximum atomic E-state index is 4.14. The molecule has 1 aliphatic carbocycles. The topological polar surface area (TPSA) is 29.9 Å². The van der Waals surface area contributed by atoms with Crippen molar-refractivity contribution in [1.82, 2.24) is 14.9 Å². The Hall–Kier alpha value is -1.13. The summed E-state index contributed by atoms with van der Waals surface area (Å²) < 4.78 is 2.07. The van der Waals surface area contributed by atoms with E-state index in [0.29, 0.717) is 6.04 Å². The Morgan fingerprint density at radius 1 is 1.59 bits per heavy atom. The number of fused-ring (bicyclic) bond motifs is 1. The van der Waals surface area contributed by atoms with E-state index in [2.05, 4.69) is 26.3 Å². The SMILES string of the molecule is Cn1cncc1CNC1CCCc2sccc21. The van der Waals surface area contributed by atoms with Gasteiger partial charge in [-0.1, -0.05) is 0 Å². The molecule has 4 heteroatoms. The standard InChI is InChI=1S/C13H17N3S/c1-16-9-14-7-10(16)8-15-12-3-2-4-13-11(12)5-6-17-13/h5-7,9,12,15H,2-4,8H2,1H3. The van der Waals surface area contributed by atoms with Crippen LogP contribution in [-0.4, -0.2) is 9.55 Å². The van der Waals surface area contributed by atoms with E-state index in [1.165, 1.54) is 30.5 Å². The molecule has 0 fully saturated rings. The summed E-state index contributed by atoms with van der Waals surface area (Å²) >= 11 is 1.90. The number of aromatic nitrogens is 2. The van der Waals surface area contributed by atoms with Gasteiger partial charge in [-0.05, 0) is 36.3 Å². The van der Waals surface area contributed by atoms with Crippen molar-refractivity contribution in [3.05, 3.63) is 40.1 Å². The molecule has 1 unspecified atom stereocenters. The highest BCUT2D eigenvalue weighted by Gasteiger charge is 2.20. The highest BCUT2D eigenvalue weighted by atomic mass is 32.1. The smallest absolute Gasteiger partial charge is 0.0945 e. The van der Waals surface area contributed by atoms with Crippen molar-refractivity contribution in [2.75, 3.05) is 0 Å². The number of imidazole rings is 1. The van der Waals surface area contributed by atoms with Gasteiger partial charge in [-0.25, -0.2) is 4.98 Å². The molecule has 2 heterocycles. The van der Waals surface area contributed by atoms with Gasteiger partial charge in [0.1, 0.15) is 0 Å². The fourth-order valence-electron chi connectivity index (χ4n) is 2.48. The first-order valence-electron chi connectivity index (χ1n) is 6.09. The average molecular weight is 247 g/mol. The van der Waals surface area contributed by atoms with Crippen molar-refractivity contribution >= 4 is 11.3 Å². The van der Waals surface area contributed by atoms with Gasteiger partial charge in [0.2, 0.25) is 0 Å². The summed E-state index contributed by atoms with van der Waals surface area (Å²) in [7, 11) is 2.04. The molecular formula is C13H17N3S. The summed E-state index contributed by atoms with van der Waals surface area (Å²) in [6, 6.07) is 2.81. The van der Waals surface area contributed by atoms with Crippen LogP contribution in [0.2, 0.25) is 0 Å². The monoisotopic (exact) mass is 247 g/mol. The van der Waals surface area contributed by atoms with Crippen molar-refractivity contribution in [3.63, 3.8) is 0 Å². The predicted octanol–water partition coefficient (Wildman–Crippen LogP) is 2.65. The maximum Gasteiger partial charge on any atom is 0.0945 e. The van der Waals surface area contributed by atoms with Crippen molar-refractivity contribution in [3.8, 4) is 0 Å². The van der Waals surface area contributed by atoms with Crippen LogP contribution in [-0.2, 0) is 20.0 Å². The molecule has 0 aliphatic heterocycles. The summed E-state index contributed by atoms with van der Waals surface area (Å²) in [5, 5.41) is 5.87. The third-order valence-electron chi connectivity index (χ3n) is 3.50. The molecule has 0 saturated carbocycles. The van der Waals surface area contributed by atoms with E-state index in [1.54, 1.807) is 4.88 Å². The lowest BCUT2D eigenvalue weighted by atomic mass is 9.94. The minimum atomic E-state index is 0.528. The highest BCUT2D eigenvalue weighted by molar-refractivity contribution is 7.10. The number of hydrogen-bond donors (Lipinski definition) is 1. The number of nitrogens with one attached hydrogen (secondary N) is 1. The lowest BCUT2D eigenvalue weighted by molar-refractivity contribution is 0.457. The molecule has 0 aromatic carbocycles. The van der Waals surface area contributed by atoms with E-state index in [-0.39, 0.29) is 0 Å². The van der Waals surface area contributed by atoms with Gasteiger partial charge in [0.05, 0.1) is 12.0 Å². The van der Waals surface area contributed by atoms with Crippen LogP contribution in [0.3, 0.4) is 0 Å². The minimum Gasteiger partial charge on any atom is -0.337 e. The number of hydrogen-bond acceptors (Lipinski definition) is 3. The zero-order valence-corrected chi connectivity index (χ0v) is 10.8. The van der Waals surface area contributed by atoms with Gasteiger partial charge in [0.15, 0.2) is 0 Å². The Kier molecular flexibility index (Phi) is 2.99. The molecular weight excluding hydrogens is 230 g/mol. The molecule has 3 nitrogen and oxygen atoms in total. The number of aryl methyl sites for hydroxylation is 2.